The van der Waals surface area contributed by atoms with Crippen molar-refractivity contribution in [2.24, 2.45) is 16.7 Å². The van der Waals surface area contributed by atoms with Gasteiger partial charge in [0.05, 0.1) is 5.56 Å². The maximum absolute atomic E-state index is 12.2. The van der Waals surface area contributed by atoms with Crippen LogP contribution < -0.4 is 0 Å². The van der Waals surface area contributed by atoms with Crippen molar-refractivity contribution in [1.82, 2.24) is 4.98 Å². The number of ketones is 1. The summed E-state index contributed by atoms with van der Waals surface area (Å²) in [6, 6.07) is 22.9. The van der Waals surface area contributed by atoms with Crippen molar-refractivity contribution in [3.8, 4) is 22.6 Å². The minimum atomic E-state index is -0.337. The minimum absolute atomic E-state index is 0. The first kappa shape index (κ1) is 44.7. The molecule has 3 aromatic carbocycles. The van der Waals surface area contributed by atoms with Crippen molar-refractivity contribution in [3.63, 3.8) is 0 Å². The number of rotatable bonds is 11. The maximum Gasteiger partial charge on any atom is 0.164 e. The SMILES string of the molecule is CCC(C)(CC)C(=O)/C=C(\O)C(C)(CC)CC.Cc1oc2cc(CC(C)C)ccc2c1-c1oc2ccnc(-c3[c-]c4ccccc4c(C(C)(C)C)c3)c2c1C.[Ir]. The van der Waals surface area contributed by atoms with Gasteiger partial charge in [0.15, 0.2) is 5.78 Å². The summed E-state index contributed by atoms with van der Waals surface area (Å²) in [5.74, 6) is 2.59. The average Bonchev–Trinajstić information content (AvgIpc) is 3.67. The first-order valence-electron chi connectivity index (χ1n) is 20.2. The molecule has 0 fully saturated rings. The molecule has 0 aliphatic heterocycles. The normalized spacial score (nSPS) is 12.6. The fourth-order valence-corrected chi connectivity index (χ4v) is 7.44. The molecule has 6 rings (SSSR count). The number of hydrogen-bond acceptors (Lipinski definition) is 5. The number of aromatic nitrogens is 1. The van der Waals surface area contributed by atoms with E-state index < -0.39 is 0 Å². The van der Waals surface area contributed by atoms with Crippen molar-refractivity contribution in [3.05, 3.63) is 101 Å². The fraction of sp³-hybridized carbons (Fsp3) is 0.440. The smallest absolute Gasteiger partial charge is 0.164 e. The maximum atomic E-state index is 12.2. The number of aryl methyl sites for hydroxylation is 2. The number of aliphatic hydroxyl groups excluding tert-OH is 1. The zero-order valence-corrected chi connectivity index (χ0v) is 38.3. The van der Waals surface area contributed by atoms with Gasteiger partial charge in [-0.3, -0.25) is 9.78 Å². The van der Waals surface area contributed by atoms with Gasteiger partial charge in [0, 0.05) is 59.7 Å². The van der Waals surface area contributed by atoms with Gasteiger partial charge in [-0.2, -0.15) is 0 Å². The molecular formula is C50H62IrNO4-. The van der Waals surface area contributed by atoms with Crippen LogP contribution in [0.3, 0.4) is 0 Å². The van der Waals surface area contributed by atoms with Crippen LogP contribution in [0.4, 0.5) is 0 Å². The number of aliphatic hydroxyl groups is 1. The van der Waals surface area contributed by atoms with E-state index >= 15 is 0 Å². The van der Waals surface area contributed by atoms with Gasteiger partial charge in [-0.05, 0) is 80.5 Å². The van der Waals surface area contributed by atoms with E-state index in [2.05, 4.69) is 96.1 Å². The molecule has 6 heteroatoms. The Labute approximate surface area is 348 Å². The molecule has 56 heavy (non-hydrogen) atoms. The summed E-state index contributed by atoms with van der Waals surface area (Å²) in [6.45, 7) is 27.5. The predicted molar refractivity (Wildman–Crippen MR) is 231 cm³/mol. The van der Waals surface area contributed by atoms with Crippen LogP contribution in [0.5, 0.6) is 0 Å². The van der Waals surface area contributed by atoms with Crippen molar-refractivity contribution in [1.29, 1.82) is 0 Å². The first-order chi connectivity index (χ1) is 25.9. The van der Waals surface area contributed by atoms with Crippen molar-refractivity contribution >= 4 is 38.5 Å². The summed E-state index contributed by atoms with van der Waals surface area (Å²) in [7, 11) is 0. The third kappa shape index (κ3) is 8.93. The molecule has 6 aromatic rings. The quantitative estimate of drug-likeness (QED) is 0.0796. The molecule has 0 saturated carbocycles. The summed E-state index contributed by atoms with van der Waals surface area (Å²) in [5.41, 5.74) is 7.67. The molecule has 1 N–H and O–H groups in total. The molecule has 3 aromatic heterocycles. The topological polar surface area (TPSA) is 76.5 Å². The average molecular weight is 933 g/mol. The van der Waals surface area contributed by atoms with Crippen molar-refractivity contribution < 1.29 is 38.8 Å². The van der Waals surface area contributed by atoms with Gasteiger partial charge in [0.2, 0.25) is 0 Å². The largest absolute Gasteiger partial charge is 0.512 e. The molecule has 0 atom stereocenters. The standard InChI is InChI=1S/C35H34NO2.C15H28O2.Ir/c1-20(2)16-23-12-13-27-30(17-23)37-22(4)32(27)34-21(3)31-29(38-34)14-15-36-33(31)25-18-24-10-8-9-11-26(24)28(19-25)35(5,6)7;1-7-14(5,8-2)12(16)11-13(17)15(6,9-3)10-4;/h8-15,17,19-20H,16H2,1-7H3;11,16H,7-10H2,1-6H3;/q-1;;/b;12-11-;. The number of carbonyl (C=O) groups excluding carboxylic acids is 1. The second-order valence-corrected chi connectivity index (χ2v) is 17.4. The Morgan fingerprint density at radius 3 is 2.09 bits per heavy atom. The Morgan fingerprint density at radius 2 is 1.48 bits per heavy atom. The Bertz CT molecular complexity index is 2340. The second kappa shape index (κ2) is 17.7. The van der Waals surface area contributed by atoms with Gasteiger partial charge in [0.1, 0.15) is 28.4 Å². The molecular weight excluding hydrogens is 871 g/mol. The number of benzene rings is 3. The van der Waals surface area contributed by atoms with Gasteiger partial charge in [-0.25, -0.2) is 0 Å². The van der Waals surface area contributed by atoms with Gasteiger partial charge in [0.25, 0.3) is 0 Å². The first-order valence-corrected chi connectivity index (χ1v) is 20.2. The summed E-state index contributed by atoms with van der Waals surface area (Å²) in [5, 5.41) is 14.6. The summed E-state index contributed by atoms with van der Waals surface area (Å²) < 4.78 is 12.8. The molecule has 0 spiro atoms. The summed E-state index contributed by atoms with van der Waals surface area (Å²) >= 11 is 0. The molecule has 0 saturated heterocycles. The van der Waals surface area contributed by atoms with Gasteiger partial charge >= 0.3 is 0 Å². The number of pyridine rings is 1. The van der Waals surface area contributed by atoms with Gasteiger partial charge in [-0.15, -0.1) is 29.1 Å². The molecule has 0 amide bonds. The Morgan fingerprint density at radius 1 is 0.839 bits per heavy atom. The fourth-order valence-electron chi connectivity index (χ4n) is 7.44. The van der Waals surface area contributed by atoms with Gasteiger partial charge < -0.3 is 13.9 Å². The Kier molecular flexibility index (Phi) is 14.1. The number of furan rings is 2. The molecule has 301 valence electrons. The van der Waals surface area contributed by atoms with Crippen LogP contribution in [-0.2, 0) is 36.7 Å². The molecule has 3 heterocycles. The molecule has 0 aliphatic carbocycles. The van der Waals surface area contributed by atoms with Crippen LogP contribution in [0.15, 0.2) is 81.5 Å². The van der Waals surface area contributed by atoms with Crippen LogP contribution >= 0.6 is 0 Å². The van der Waals surface area contributed by atoms with Crippen LogP contribution in [0.2, 0.25) is 0 Å². The third-order valence-electron chi connectivity index (χ3n) is 12.1. The van der Waals surface area contributed by atoms with Crippen molar-refractivity contribution in [2.45, 2.75) is 128 Å². The number of nitrogens with zero attached hydrogens (tertiary/aromatic N) is 1. The molecule has 0 aliphatic rings. The Hall–Kier alpha value is -3.99. The van der Waals surface area contributed by atoms with Crippen LogP contribution in [0.25, 0.3) is 55.3 Å². The van der Waals surface area contributed by atoms with E-state index in [0.717, 1.165) is 93.3 Å². The monoisotopic (exact) mass is 933 g/mol. The number of fused-ring (bicyclic) bond motifs is 3. The van der Waals surface area contributed by atoms with Crippen LogP contribution in [-0.4, -0.2) is 15.9 Å². The second-order valence-electron chi connectivity index (χ2n) is 17.4. The van der Waals surface area contributed by atoms with E-state index in [1.807, 2.05) is 60.7 Å². The van der Waals surface area contributed by atoms with Gasteiger partial charge in [-0.1, -0.05) is 117 Å². The summed E-state index contributed by atoms with van der Waals surface area (Å²) in [4.78, 5) is 17.1. The predicted octanol–water partition coefficient (Wildman–Crippen LogP) is 14.6. The third-order valence-corrected chi connectivity index (χ3v) is 12.1. The molecule has 5 nitrogen and oxygen atoms in total. The van der Waals surface area contributed by atoms with E-state index in [-0.39, 0.29) is 47.9 Å². The summed E-state index contributed by atoms with van der Waals surface area (Å²) in [6.07, 6.45) is 7.62. The molecule has 0 bridgehead atoms. The molecule has 0 unspecified atom stereocenters. The van der Waals surface area contributed by atoms with E-state index in [4.69, 9.17) is 13.8 Å². The van der Waals surface area contributed by atoms with Crippen LogP contribution in [0, 0.1) is 36.7 Å². The van der Waals surface area contributed by atoms with E-state index in [9.17, 15) is 9.90 Å². The molecule has 1 radical (unpaired) electrons. The van der Waals surface area contributed by atoms with E-state index in [0.29, 0.717) is 5.92 Å². The van der Waals surface area contributed by atoms with Crippen molar-refractivity contribution in [2.75, 3.05) is 0 Å². The number of allylic oxidation sites excluding steroid dienone is 2. The Balaban J connectivity index is 0.000000330. The zero-order chi connectivity index (χ0) is 40.5. The van der Waals surface area contributed by atoms with E-state index in [1.165, 1.54) is 22.6 Å². The number of carbonyl (C=O) groups is 1. The van der Waals surface area contributed by atoms with Crippen LogP contribution in [0.1, 0.15) is 124 Å². The van der Waals surface area contributed by atoms with E-state index in [1.54, 1.807) is 0 Å². The zero-order valence-electron chi connectivity index (χ0n) is 35.9. The number of hydrogen-bond donors (Lipinski definition) is 1. The minimum Gasteiger partial charge on any atom is -0.512 e.